The Morgan fingerprint density at radius 3 is 2.42 bits per heavy atom. The van der Waals surface area contributed by atoms with Crippen molar-refractivity contribution >= 4 is 28.8 Å². The number of nitrogens with one attached hydrogen (secondary N) is 3. The van der Waals surface area contributed by atoms with Crippen LogP contribution in [0.1, 0.15) is 33.0 Å². The summed E-state index contributed by atoms with van der Waals surface area (Å²) in [5.74, 6) is -0.658. The van der Waals surface area contributed by atoms with E-state index < -0.39 is 11.9 Å². The third-order valence-corrected chi connectivity index (χ3v) is 5.89. The van der Waals surface area contributed by atoms with Crippen LogP contribution >= 0.6 is 11.3 Å². The van der Waals surface area contributed by atoms with E-state index in [1.807, 2.05) is 35.0 Å². The summed E-state index contributed by atoms with van der Waals surface area (Å²) in [6.45, 7) is 0.308. The van der Waals surface area contributed by atoms with E-state index in [1.165, 1.54) is 0 Å². The number of phenolic OH excluding ortho intramolecular Hbond substituents is 1. The molecule has 0 bridgehead atoms. The molecule has 2 amide bonds. The number of amides is 2. The van der Waals surface area contributed by atoms with Gasteiger partial charge in [0.05, 0.1) is 0 Å². The van der Waals surface area contributed by atoms with Crippen molar-refractivity contribution in [1.29, 1.82) is 0 Å². The van der Waals surface area contributed by atoms with Gasteiger partial charge in [0.25, 0.3) is 5.91 Å². The maximum Gasteiger partial charge on any atom is 0.274 e. The molecule has 31 heavy (non-hydrogen) atoms. The van der Waals surface area contributed by atoms with Gasteiger partial charge in [0.1, 0.15) is 11.8 Å². The monoisotopic (exact) mass is 435 g/mol. The Labute approximate surface area is 183 Å². The molecule has 1 aromatic heterocycles. The van der Waals surface area contributed by atoms with Crippen molar-refractivity contribution < 1.29 is 19.9 Å². The molecule has 2 unspecified atom stereocenters. The van der Waals surface area contributed by atoms with E-state index in [0.717, 1.165) is 22.4 Å². The van der Waals surface area contributed by atoms with Gasteiger partial charge in [-0.15, -0.1) is 0 Å². The van der Waals surface area contributed by atoms with Crippen molar-refractivity contribution in [3.8, 4) is 5.75 Å². The number of aromatic hydroxyl groups is 1. The van der Waals surface area contributed by atoms with Gasteiger partial charge < -0.3 is 15.7 Å². The van der Waals surface area contributed by atoms with Crippen molar-refractivity contribution in [2.45, 2.75) is 18.5 Å². The summed E-state index contributed by atoms with van der Waals surface area (Å²) in [4.78, 5) is 24.5. The molecule has 2 aromatic carbocycles. The SMILES string of the molecule is O=C(NO)c1ccc(CNC(=O)C2NC(c3ccc(O)cc3)=CC2c2ccsc2)cc1. The minimum atomic E-state index is -0.586. The lowest BCUT2D eigenvalue weighted by atomic mass is 9.95. The summed E-state index contributed by atoms with van der Waals surface area (Å²) in [6.07, 6.45) is 2.04. The van der Waals surface area contributed by atoms with E-state index >= 15 is 0 Å². The highest BCUT2D eigenvalue weighted by molar-refractivity contribution is 7.08. The normalized spacial score (nSPS) is 17.5. The van der Waals surface area contributed by atoms with Gasteiger partial charge >= 0.3 is 0 Å². The Morgan fingerprint density at radius 2 is 1.77 bits per heavy atom. The lowest BCUT2D eigenvalue weighted by Crippen LogP contribution is -2.43. The van der Waals surface area contributed by atoms with Gasteiger partial charge in [-0.2, -0.15) is 11.3 Å². The number of hydroxylamine groups is 1. The topological polar surface area (TPSA) is 111 Å². The molecule has 0 radical (unpaired) electrons. The second-order valence-electron chi connectivity index (χ2n) is 7.19. The van der Waals surface area contributed by atoms with Crippen LogP contribution in [0.25, 0.3) is 5.70 Å². The van der Waals surface area contributed by atoms with Crippen molar-refractivity contribution in [1.82, 2.24) is 16.1 Å². The summed E-state index contributed by atoms with van der Waals surface area (Å²) in [7, 11) is 0. The number of phenols is 1. The fraction of sp³-hybridized carbons (Fsp3) is 0.130. The molecule has 8 heteroatoms. The van der Waals surface area contributed by atoms with E-state index in [-0.39, 0.29) is 17.6 Å². The van der Waals surface area contributed by atoms with Crippen LogP contribution in [-0.4, -0.2) is 28.2 Å². The first kappa shape index (κ1) is 20.6. The zero-order valence-corrected chi connectivity index (χ0v) is 17.2. The minimum Gasteiger partial charge on any atom is -0.508 e. The molecule has 7 nitrogen and oxygen atoms in total. The first-order valence-corrected chi connectivity index (χ1v) is 10.6. The summed E-state index contributed by atoms with van der Waals surface area (Å²) < 4.78 is 0. The number of benzene rings is 2. The van der Waals surface area contributed by atoms with Crippen LogP contribution in [0.15, 0.2) is 71.4 Å². The molecule has 0 spiro atoms. The lowest BCUT2D eigenvalue weighted by molar-refractivity contribution is -0.123. The molecule has 3 aromatic rings. The molecule has 0 fully saturated rings. The predicted octanol–water partition coefficient (Wildman–Crippen LogP) is 2.99. The second-order valence-corrected chi connectivity index (χ2v) is 7.97. The fourth-order valence-corrected chi connectivity index (χ4v) is 4.23. The number of hydrogen-bond donors (Lipinski definition) is 5. The summed E-state index contributed by atoms with van der Waals surface area (Å²) in [6, 6.07) is 15.0. The molecule has 0 aliphatic carbocycles. The van der Waals surface area contributed by atoms with Gasteiger partial charge in [0, 0.05) is 23.7 Å². The van der Waals surface area contributed by atoms with Gasteiger partial charge in [-0.05, 0) is 69.9 Å². The standard InChI is InChI=1S/C23H21N3O4S/c27-18-7-5-15(6-8-18)20-11-19(17-9-10-31-13-17)21(25-20)23(29)24-12-14-1-3-16(4-2-14)22(28)26-30/h1-11,13,19,21,25,27,30H,12H2,(H,24,29)(H,26,28). The van der Waals surface area contributed by atoms with Crippen molar-refractivity contribution in [3.05, 3.63) is 93.7 Å². The first-order valence-electron chi connectivity index (χ1n) is 9.66. The highest BCUT2D eigenvalue weighted by Gasteiger charge is 2.34. The third kappa shape index (κ3) is 4.60. The molecule has 2 heterocycles. The van der Waals surface area contributed by atoms with Crippen LogP contribution in [0.2, 0.25) is 0 Å². The van der Waals surface area contributed by atoms with Crippen LogP contribution in [-0.2, 0) is 11.3 Å². The molecular weight excluding hydrogens is 414 g/mol. The average molecular weight is 436 g/mol. The number of hydrogen-bond acceptors (Lipinski definition) is 6. The maximum absolute atomic E-state index is 13.0. The van der Waals surface area contributed by atoms with Crippen LogP contribution in [0.3, 0.4) is 0 Å². The molecule has 5 N–H and O–H groups in total. The van der Waals surface area contributed by atoms with Gasteiger partial charge in [0.15, 0.2) is 0 Å². The number of rotatable bonds is 6. The Morgan fingerprint density at radius 1 is 1.03 bits per heavy atom. The summed E-state index contributed by atoms with van der Waals surface area (Å²) in [5.41, 5.74) is 5.55. The molecular formula is C23H21N3O4S. The van der Waals surface area contributed by atoms with Gasteiger partial charge in [-0.1, -0.05) is 18.2 Å². The minimum absolute atomic E-state index is 0.120. The van der Waals surface area contributed by atoms with E-state index in [0.29, 0.717) is 12.1 Å². The maximum atomic E-state index is 13.0. The largest absolute Gasteiger partial charge is 0.508 e. The molecule has 4 rings (SSSR count). The number of thiophene rings is 1. The highest BCUT2D eigenvalue weighted by atomic mass is 32.1. The lowest BCUT2D eigenvalue weighted by Gasteiger charge is -2.20. The van der Waals surface area contributed by atoms with Crippen LogP contribution in [0.5, 0.6) is 5.75 Å². The Bertz CT molecular complexity index is 1090. The van der Waals surface area contributed by atoms with Crippen molar-refractivity contribution in [2.75, 3.05) is 0 Å². The molecule has 158 valence electrons. The summed E-state index contributed by atoms with van der Waals surface area (Å²) >= 11 is 1.58. The van der Waals surface area contributed by atoms with Crippen LogP contribution in [0.4, 0.5) is 0 Å². The number of carbonyl (C=O) groups is 2. The quantitative estimate of drug-likeness (QED) is 0.302. The van der Waals surface area contributed by atoms with E-state index in [1.54, 1.807) is 53.2 Å². The Balaban J connectivity index is 1.47. The zero-order valence-electron chi connectivity index (χ0n) is 16.4. The first-order chi connectivity index (χ1) is 15.0. The second kappa shape index (κ2) is 9.03. The fourth-order valence-electron chi connectivity index (χ4n) is 3.52. The Kier molecular flexibility index (Phi) is 6.01. The van der Waals surface area contributed by atoms with E-state index in [2.05, 4.69) is 10.6 Å². The molecule has 1 aliphatic heterocycles. The smallest absolute Gasteiger partial charge is 0.274 e. The van der Waals surface area contributed by atoms with E-state index in [4.69, 9.17) is 5.21 Å². The number of carbonyl (C=O) groups excluding carboxylic acids is 2. The molecule has 2 atom stereocenters. The van der Waals surface area contributed by atoms with Crippen LogP contribution in [0, 0.1) is 0 Å². The van der Waals surface area contributed by atoms with Gasteiger partial charge in [0.2, 0.25) is 5.91 Å². The van der Waals surface area contributed by atoms with Gasteiger partial charge in [-0.25, -0.2) is 5.48 Å². The van der Waals surface area contributed by atoms with Crippen molar-refractivity contribution in [3.63, 3.8) is 0 Å². The van der Waals surface area contributed by atoms with Crippen molar-refractivity contribution in [2.24, 2.45) is 0 Å². The zero-order chi connectivity index (χ0) is 21.8. The van der Waals surface area contributed by atoms with Crippen LogP contribution < -0.4 is 16.1 Å². The molecule has 1 aliphatic rings. The average Bonchev–Trinajstić information content (AvgIpc) is 3.48. The molecule has 0 saturated carbocycles. The molecule has 0 saturated heterocycles. The Hall–Kier alpha value is -3.62. The summed E-state index contributed by atoms with van der Waals surface area (Å²) in [5, 5.41) is 28.5. The third-order valence-electron chi connectivity index (χ3n) is 5.19. The van der Waals surface area contributed by atoms with E-state index in [9.17, 15) is 14.7 Å². The van der Waals surface area contributed by atoms with Gasteiger partial charge in [-0.3, -0.25) is 14.8 Å². The highest BCUT2D eigenvalue weighted by Crippen LogP contribution is 2.33. The predicted molar refractivity (Wildman–Crippen MR) is 118 cm³/mol.